The number of hydrogen-bond donors (Lipinski definition) is 1. The van der Waals surface area contributed by atoms with Crippen molar-refractivity contribution in [2.75, 3.05) is 44.7 Å². The molecule has 2 N–H and O–H groups in total. The smallest absolute Gasteiger partial charge is 0.253 e. The lowest BCUT2D eigenvalue weighted by atomic mass is 10.2. The van der Waals surface area contributed by atoms with Crippen LogP contribution < -0.4 is 10.6 Å². The molecule has 0 spiro atoms. The molecule has 120 valence electrons. The Kier molecular flexibility index (Phi) is 9.28. The molecule has 1 unspecified atom stereocenters. The maximum absolute atomic E-state index is 12.1. The number of carbonyl (C=O) groups is 1. The Balaban J connectivity index is 0.00000200. The van der Waals surface area contributed by atoms with E-state index in [4.69, 9.17) is 10.5 Å². The SMILES string of the molecule is COC(CN)C(=O)N1CCN(c2ccccn2)CC1.Cl.Cl. The standard InChI is InChI=1S/C13H20N4O2.2ClH/c1-19-11(10-14)13(18)17-8-6-16(7-9-17)12-4-2-3-5-15-12;;/h2-5,11H,6-10,14H2,1H3;2*1H. The third kappa shape index (κ3) is 5.00. The van der Waals surface area contributed by atoms with Crippen molar-refractivity contribution in [3.63, 3.8) is 0 Å². The molecule has 0 radical (unpaired) electrons. The number of aromatic nitrogens is 1. The maximum Gasteiger partial charge on any atom is 0.253 e. The van der Waals surface area contributed by atoms with Crippen LogP contribution >= 0.6 is 24.8 Å². The van der Waals surface area contributed by atoms with Gasteiger partial charge >= 0.3 is 0 Å². The van der Waals surface area contributed by atoms with Gasteiger partial charge in [0, 0.05) is 46.0 Å². The average Bonchev–Trinajstić information content (AvgIpc) is 2.49. The summed E-state index contributed by atoms with van der Waals surface area (Å²) in [6.45, 7) is 3.13. The Labute approximate surface area is 137 Å². The van der Waals surface area contributed by atoms with Crippen molar-refractivity contribution in [2.45, 2.75) is 6.10 Å². The van der Waals surface area contributed by atoms with E-state index in [-0.39, 0.29) is 37.3 Å². The highest BCUT2D eigenvalue weighted by atomic mass is 35.5. The Morgan fingerprint density at radius 3 is 2.48 bits per heavy atom. The number of piperazine rings is 1. The van der Waals surface area contributed by atoms with Gasteiger partial charge in [0.2, 0.25) is 0 Å². The molecule has 0 aromatic carbocycles. The number of pyridine rings is 1. The van der Waals surface area contributed by atoms with Crippen LogP contribution in [0.25, 0.3) is 0 Å². The largest absolute Gasteiger partial charge is 0.370 e. The second kappa shape index (κ2) is 9.78. The number of nitrogens with zero attached hydrogens (tertiary/aromatic N) is 3. The molecule has 6 nitrogen and oxygen atoms in total. The number of anilines is 1. The van der Waals surface area contributed by atoms with Crippen molar-refractivity contribution >= 4 is 36.5 Å². The van der Waals surface area contributed by atoms with Gasteiger partial charge in [-0.1, -0.05) is 6.07 Å². The predicted octanol–water partition coefficient (Wildman–Crippen LogP) is 0.548. The molecule has 0 bridgehead atoms. The summed E-state index contributed by atoms with van der Waals surface area (Å²) in [5.74, 6) is 0.933. The second-order valence-electron chi connectivity index (χ2n) is 4.46. The summed E-state index contributed by atoms with van der Waals surface area (Å²) < 4.78 is 5.08. The van der Waals surface area contributed by atoms with Gasteiger partial charge in [0.25, 0.3) is 5.91 Å². The zero-order chi connectivity index (χ0) is 13.7. The Bertz CT molecular complexity index is 410. The molecule has 1 atom stereocenters. The molecule has 1 aromatic rings. The molecule has 21 heavy (non-hydrogen) atoms. The monoisotopic (exact) mass is 336 g/mol. The van der Waals surface area contributed by atoms with Crippen LogP contribution in [0.5, 0.6) is 0 Å². The van der Waals surface area contributed by atoms with E-state index < -0.39 is 6.10 Å². The first-order valence-electron chi connectivity index (χ1n) is 6.44. The lowest BCUT2D eigenvalue weighted by molar-refractivity contribution is -0.141. The molecule has 8 heteroatoms. The summed E-state index contributed by atoms with van der Waals surface area (Å²) in [6.07, 6.45) is 1.25. The van der Waals surface area contributed by atoms with E-state index in [1.807, 2.05) is 18.2 Å². The molecule has 1 aliphatic heterocycles. The van der Waals surface area contributed by atoms with Crippen LogP contribution in [0.15, 0.2) is 24.4 Å². The number of methoxy groups -OCH3 is 1. The highest BCUT2D eigenvalue weighted by molar-refractivity contribution is 5.85. The molecular formula is C13H22Cl2N4O2. The first-order chi connectivity index (χ1) is 9.26. The van der Waals surface area contributed by atoms with Gasteiger partial charge in [0.1, 0.15) is 11.9 Å². The molecule has 0 saturated carbocycles. The highest BCUT2D eigenvalue weighted by Crippen LogP contribution is 2.13. The summed E-state index contributed by atoms with van der Waals surface area (Å²) in [5.41, 5.74) is 5.52. The number of amides is 1. The number of nitrogens with two attached hydrogens (primary N) is 1. The normalized spacial score (nSPS) is 15.7. The van der Waals surface area contributed by atoms with E-state index in [9.17, 15) is 4.79 Å². The minimum absolute atomic E-state index is 0. The number of rotatable bonds is 4. The third-order valence-corrected chi connectivity index (χ3v) is 3.34. The van der Waals surface area contributed by atoms with Crippen LogP contribution in [0, 0.1) is 0 Å². The van der Waals surface area contributed by atoms with Gasteiger partial charge in [-0.25, -0.2) is 4.98 Å². The van der Waals surface area contributed by atoms with E-state index in [0.29, 0.717) is 13.1 Å². The van der Waals surface area contributed by atoms with Gasteiger partial charge in [-0.05, 0) is 12.1 Å². The molecular weight excluding hydrogens is 315 g/mol. The van der Waals surface area contributed by atoms with Crippen molar-refractivity contribution in [2.24, 2.45) is 5.73 Å². The molecule has 1 saturated heterocycles. The summed E-state index contributed by atoms with van der Waals surface area (Å²) >= 11 is 0. The summed E-state index contributed by atoms with van der Waals surface area (Å²) in [6, 6.07) is 5.85. The van der Waals surface area contributed by atoms with Gasteiger partial charge in [0.15, 0.2) is 0 Å². The topological polar surface area (TPSA) is 71.7 Å². The first-order valence-corrected chi connectivity index (χ1v) is 6.44. The minimum atomic E-state index is -0.526. The van der Waals surface area contributed by atoms with Gasteiger partial charge in [-0.3, -0.25) is 4.79 Å². The Hall–Kier alpha value is -1.08. The summed E-state index contributed by atoms with van der Waals surface area (Å²) in [4.78, 5) is 20.4. The quantitative estimate of drug-likeness (QED) is 0.869. The van der Waals surface area contributed by atoms with Gasteiger partial charge in [-0.15, -0.1) is 24.8 Å². The van der Waals surface area contributed by atoms with E-state index in [0.717, 1.165) is 18.9 Å². The Morgan fingerprint density at radius 1 is 1.33 bits per heavy atom. The zero-order valence-corrected chi connectivity index (χ0v) is 13.6. The zero-order valence-electron chi connectivity index (χ0n) is 12.0. The average molecular weight is 337 g/mol. The fourth-order valence-electron chi connectivity index (χ4n) is 2.20. The van der Waals surface area contributed by atoms with Crippen LogP contribution in [0.2, 0.25) is 0 Å². The third-order valence-electron chi connectivity index (χ3n) is 3.34. The molecule has 1 aliphatic rings. The first kappa shape index (κ1) is 19.9. The van der Waals surface area contributed by atoms with Gasteiger partial charge < -0.3 is 20.3 Å². The molecule has 1 aromatic heterocycles. The van der Waals surface area contributed by atoms with Crippen molar-refractivity contribution in [3.05, 3.63) is 24.4 Å². The number of ether oxygens (including phenoxy) is 1. The fraction of sp³-hybridized carbons (Fsp3) is 0.538. The fourth-order valence-corrected chi connectivity index (χ4v) is 2.20. The second-order valence-corrected chi connectivity index (χ2v) is 4.46. The minimum Gasteiger partial charge on any atom is -0.370 e. The molecule has 0 aliphatic carbocycles. The van der Waals surface area contributed by atoms with Crippen LogP contribution in [-0.2, 0) is 9.53 Å². The van der Waals surface area contributed by atoms with Crippen LogP contribution in [0.1, 0.15) is 0 Å². The molecule has 2 rings (SSSR count). The summed E-state index contributed by atoms with van der Waals surface area (Å²) in [5, 5.41) is 0. The van der Waals surface area contributed by atoms with Crippen LogP contribution in [-0.4, -0.2) is 61.7 Å². The summed E-state index contributed by atoms with van der Waals surface area (Å²) in [7, 11) is 1.51. The van der Waals surface area contributed by atoms with E-state index in [2.05, 4.69) is 9.88 Å². The maximum atomic E-state index is 12.1. The van der Waals surface area contributed by atoms with Crippen LogP contribution in [0.4, 0.5) is 5.82 Å². The van der Waals surface area contributed by atoms with E-state index in [1.54, 1.807) is 11.1 Å². The molecule has 1 fully saturated rings. The van der Waals surface area contributed by atoms with Crippen molar-refractivity contribution in [1.29, 1.82) is 0 Å². The number of carbonyl (C=O) groups excluding carboxylic acids is 1. The van der Waals surface area contributed by atoms with Crippen molar-refractivity contribution in [1.82, 2.24) is 9.88 Å². The lowest BCUT2D eigenvalue weighted by Crippen LogP contribution is -2.53. The van der Waals surface area contributed by atoms with Crippen LogP contribution in [0.3, 0.4) is 0 Å². The Morgan fingerprint density at radius 2 is 2.00 bits per heavy atom. The van der Waals surface area contributed by atoms with Crippen molar-refractivity contribution in [3.8, 4) is 0 Å². The van der Waals surface area contributed by atoms with Crippen molar-refractivity contribution < 1.29 is 9.53 Å². The lowest BCUT2D eigenvalue weighted by Gasteiger charge is -2.36. The number of hydrogen-bond acceptors (Lipinski definition) is 5. The van der Waals surface area contributed by atoms with E-state index >= 15 is 0 Å². The number of halogens is 2. The molecule has 1 amide bonds. The van der Waals surface area contributed by atoms with E-state index in [1.165, 1.54) is 7.11 Å². The van der Waals surface area contributed by atoms with Gasteiger partial charge in [-0.2, -0.15) is 0 Å². The molecule has 2 heterocycles. The van der Waals surface area contributed by atoms with Gasteiger partial charge in [0.05, 0.1) is 0 Å². The predicted molar refractivity (Wildman–Crippen MR) is 87.4 cm³/mol. The highest BCUT2D eigenvalue weighted by Gasteiger charge is 2.26.